The number of hydrogen-bond donors (Lipinski definition) is 0. The normalized spacial score (nSPS) is 10.2. The molecule has 13 heavy (non-hydrogen) atoms. The molecule has 0 fully saturated rings. The fourth-order valence-corrected chi connectivity index (χ4v) is 0.975. The number of halogens is 1. The first-order valence-electron chi connectivity index (χ1n) is 4.23. The van der Waals surface area contributed by atoms with Crippen molar-refractivity contribution in [3.63, 3.8) is 0 Å². The fourth-order valence-electron chi connectivity index (χ4n) is 0.593. The lowest BCUT2D eigenvalue weighted by Crippen LogP contribution is -2.22. The fraction of sp³-hybridized carbons (Fsp3) is 0.700. The Labute approximate surface area is 93.6 Å². The van der Waals surface area contributed by atoms with Crippen molar-refractivity contribution in [3.8, 4) is 11.8 Å². The topological polar surface area (TPSA) is 26.3 Å². The maximum atomic E-state index is 11.0. The molecule has 0 aliphatic carbocycles. The number of unbranched alkanes of at least 4 members (excludes halogenated alkanes) is 1. The lowest BCUT2D eigenvalue weighted by Gasteiger charge is -2.16. The summed E-state index contributed by atoms with van der Waals surface area (Å²) in [6.45, 7) is 5.49. The second-order valence-corrected chi connectivity index (χ2v) is 4.67. The molecule has 0 aliphatic rings. The molecule has 0 spiro atoms. The van der Waals surface area contributed by atoms with Crippen LogP contribution in [0.25, 0.3) is 0 Å². The predicted molar refractivity (Wildman–Crippen MR) is 61.7 cm³/mol. The number of carbonyl (C=O) groups is 1. The number of alkyl halides is 1. The van der Waals surface area contributed by atoms with Gasteiger partial charge in [0.15, 0.2) is 0 Å². The molecule has 0 amide bonds. The van der Waals surface area contributed by atoms with Gasteiger partial charge in [-0.05, 0) is 27.2 Å². The Balaban J connectivity index is 3.78. The average molecular weight is 294 g/mol. The van der Waals surface area contributed by atoms with E-state index in [0.29, 0.717) is 0 Å². The zero-order valence-electron chi connectivity index (χ0n) is 8.32. The van der Waals surface area contributed by atoms with Crippen molar-refractivity contribution in [3.05, 3.63) is 0 Å². The minimum absolute atomic E-state index is 0.430. The lowest BCUT2D eigenvalue weighted by atomic mass is 10.2. The van der Waals surface area contributed by atoms with Gasteiger partial charge in [0, 0.05) is 16.8 Å². The molecule has 0 radical (unpaired) electrons. The standard InChI is InChI=1S/C10H15IO2/c1-10(2,3)13-9(12)7-5-4-6-8-11/h4,6,8H2,1-3H3. The minimum Gasteiger partial charge on any atom is -0.450 e. The van der Waals surface area contributed by atoms with E-state index in [1.165, 1.54) is 0 Å². The molecule has 2 nitrogen and oxygen atoms in total. The van der Waals surface area contributed by atoms with Gasteiger partial charge in [-0.1, -0.05) is 28.5 Å². The molecule has 0 heterocycles. The molecule has 0 aromatic carbocycles. The van der Waals surface area contributed by atoms with E-state index in [1.54, 1.807) is 0 Å². The van der Waals surface area contributed by atoms with E-state index in [9.17, 15) is 4.79 Å². The van der Waals surface area contributed by atoms with Crippen LogP contribution in [0.2, 0.25) is 0 Å². The number of rotatable bonds is 2. The highest BCUT2D eigenvalue weighted by Crippen LogP contribution is 2.06. The first kappa shape index (κ1) is 12.8. The summed E-state index contributed by atoms with van der Waals surface area (Å²) >= 11 is 2.28. The second kappa shape index (κ2) is 6.25. The monoisotopic (exact) mass is 294 g/mol. The predicted octanol–water partition coefficient (Wildman–Crippen LogP) is 2.55. The summed E-state index contributed by atoms with van der Waals surface area (Å²) in [6, 6.07) is 0. The highest BCUT2D eigenvalue weighted by atomic mass is 127. The van der Waals surface area contributed by atoms with Crippen molar-refractivity contribution in [2.75, 3.05) is 4.43 Å². The number of esters is 1. The van der Waals surface area contributed by atoms with Crippen molar-refractivity contribution >= 4 is 28.6 Å². The molecule has 0 aromatic heterocycles. The van der Waals surface area contributed by atoms with Gasteiger partial charge in [-0.25, -0.2) is 4.79 Å². The van der Waals surface area contributed by atoms with E-state index in [1.807, 2.05) is 20.8 Å². The molecule has 0 rings (SSSR count). The molecule has 74 valence electrons. The molecule has 3 heteroatoms. The van der Waals surface area contributed by atoms with Gasteiger partial charge in [0.25, 0.3) is 0 Å². The van der Waals surface area contributed by atoms with Crippen LogP contribution in [-0.2, 0) is 9.53 Å². The van der Waals surface area contributed by atoms with Crippen LogP contribution in [0.5, 0.6) is 0 Å². The van der Waals surface area contributed by atoms with Gasteiger partial charge in [-0.3, -0.25) is 0 Å². The molecular formula is C10H15IO2. The summed E-state index contributed by atoms with van der Waals surface area (Å²) in [5.41, 5.74) is -0.435. The van der Waals surface area contributed by atoms with Crippen molar-refractivity contribution in [1.82, 2.24) is 0 Å². The summed E-state index contributed by atoms with van der Waals surface area (Å²) < 4.78 is 6.07. The SMILES string of the molecule is CC(C)(C)OC(=O)C#CCCCI. The van der Waals surface area contributed by atoms with Gasteiger partial charge in [-0.15, -0.1) is 0 Å². The Morgan fingerprint density at radius 1 is 1.46 bits per heavy atom. The Bertz CT molecular complexity index is 217. The zero-order valence-corrected chi connectivity index (χ0v) is 10.5. The van der Waals surface area contributed by atoms with Gasteiger partial charge in [-0.2, -0.15) is 0 Å². The summed E-state index contributed by atoms with van der Waals surface area (Å²) in [7, 11) is 0. The highest BCUT2D eigenvalue weighted by molar-refractivity contribution is 14.1. The van der Waals surface area contributed by atoms with Gasteiger partial charge < -0.3 is 4.74 Å². The van der Waals surface area contributed by atoms with Crippen LogP contribution < -0.4 is 0 Å². The van der Waals surface area contributed by atoms with Crippen molar-refractivity contribution in [2.45, 2.75) is 39.2 Å². The summed E-state index contributed by atoms with van der Waals surface area (Å²) in [5, 5.41) is 0. The van der Waals surface area contributed by atoms with Crippen LogP contribution in [0.15, 0.2) is 0 Å². The first-order valence-corrected chi connectivity index (χ1v) is 5.76. The van der Waals surface area contributed by atoms with Crippen LogP contribution in [0.3, 0.4) is 0 Å². The molecule has 0 saturated heterocycles. The van der Waals surface area contributed by atoms with E-state index < -0.39 is 11.6 Å². The maximum absolute atomic E-state index is 11.0. The average Bonchev–Trinajstić information content (AvgIpc) is 1.94. The number of carbonyl (C=O) groups excluding carboxylic acids is 1. The Hall–Kier alpha value is -0.240. The summed E-state index contributed by atoms with van der Waals surface area (Å²) in [6.07, 6.45) is 1.79. The minimum atomic E-state index is -0.435. The van der Waals surface area contributed by atoms with Gasteiger partial charge in [0.2, 0.25) is 0 Å². The van der Waals surface area contributed by atoms with Crippen LogP contribution in [0.4, 0.5) is 0 Å². The number of hydrogen-bond acceptors (Lipinski definition) is 2. The highest BCUT2D eigenvalue weighted by Gasteiger charge is 2.13. The van der Waals surface area contributed by atoms with E-state index in [0.717, 1.165) is 17.3 Å². The van der Waals surface area contributed by atoms with Gasteiger partial charge >= 0.3 is 5.97 Å². The van der Waals surface area contributed by atoms with E-state index >= 15 is 0 Å². The smallest absolute Gasteiger partial charge is 0.384 e. The molecule has 0 saturated carbocycles. The van der Waals surface area contributed by atoms with Crippen LogP contribution >= 0.6 is 22.6 Å². The largest absolute Gasteiger partial charge is 0.450 e. The third-order valence-electron chi connectivity index (χ3n) is 1.02. The quantitative estimate of drug-likeness (QED) is 0.195. The Morgan fingerprint density at radius 2 is 2.08 bits per heavy atom. The molecule has 0 aromatic rings. The third kappa shape index (κ3) is 9.68. The summed E-state index contributed by atoms with van der Waals surface area (Å²) in [4.78, 5) is 11.0. The van der Waals surface area contributed by atoms with Crippen LogP contribution in [0.1, 0.15) is 33.6 Å². The molecule has 0 unspecified atom stereocenters. The van der Waals surface area contributed by atoms with Crippen LogP contribution in [-0.4, -0.2) is 16.0 Å². The van der Waals surface area contributed by atoms with Crippen LogP contribution in [0, 0.1) is 11.8 Å². The molecule has 0 atom stereocenters. The molecule has 0 N–H and O–H groups in total. The first-order chi connectivity index (χ1) is 5.95. The lowest BCUT2D eigenvalue weighted by molar-refractivity contribution is -0.147. The van der Waals surface area contributed by atoms with E-state index in [-0.39, 0.29) is 0 Å². The Kier molecular flexibility index (Phi) is 6.13. The van der Waals surface area contributed by atoms with Crippen molar-refractivity contribution in [1.29, 1.82) is 0 Å². The van der Waals surface area contributed by atoms with E-state index in [2.05, 4.69) is 34.4 Å². The maximum Gasteiger partial charge on any atom is 0.384 e. The third-order valence-corrected chi connectivity index (χ3v) is 1.79. The van der Waals surface area contributed by atoms with Crippen molar-refractivity contribution in [2.24, 2.45) is 0 Å². The van der Waals surface area contributed by atoms with Gasteiger partial charge in [0.05, 0.1) is 0 Å². The van der Waals surface area contributed by atoms with Gasteiger partial charge in [0.1, 0.15) is 5.60 Å². The Morgan fingerprint density at radius 3 is 2.54 bits per heavy atom. The summed E-state index contributed by atoms with van der Waals surface area (Å²) in [5.74, 6) is 4.81. The second-order valence-electron chi connectivity index (χ2n) is 3.60. The number of ether oxygens (including phenoxy) is 1. The zero-order chi connectivity index (χ0) is 10.3. The molecule has 0 bridgehead atoms. The van der Waals surface area contributed by atoms with E-state index in [4.69, 9.17) is 4.74 Å². The molecular weight excluding hydrogens is 279 g/mol. The van der Waals surface area contributed by atoms with Crippen molar-refractivity contribution < 1.29 is 9.53 Å². The molecule has 0 aliphatic heterocycles.